The molecule has 1 aromatic rings. The minimum atomic E-state index is 0.609. The Morgan fingerprint density at radius 3 is 2.78 bits per heavy atom. The first-order valence-electron chi connectivity index (χ1n) is 7.13. The summed E-state index contributed by atoms with van der Waals surface area (Å²) in [6.45, 7) is 7.95. The third-order valence-electron chi connectivity index (χ3n) is 3.57. The normalized spacial score (nSPS) is 20.1. The highest BCUT2D eigenvalue weighted by atomic mass is 32.2. The van der Waals surface area contributed by atoms with Gasteiger partial charge >= 0.3 is 0 Å². The molecule has 0 radical (unpaired) electrons. The van der Waals surface area contributed by atoms with Crippen LogP contribution in [0.4, 0.5) is 0 Å². The van der Waals surface area contributed by atoms with Crippen molar-refractivity contribution in [2.24, 2.45) is 5.92 Å². The van der Waals surface area contributed by atoms with E-state index in [1.165, 1.54) is 24.2 Å². The number of rotatable bonds is 6. The van der Waals surface area contributed by atoms with E-state index in [1.54, 1.807) is 5.56 Å². The Bertz CT molecular complexity index is 350. The Balaban J connectivity index is 1.70. The average molecular weight is 263 g/mol. The predicted molar refractivity (Wildman–Crippen MR) is 81.3 cm³/mol. The predicted octanol–water partition coefficient (Wildman–Crippen LogP) is 4.12. The van der Waals surface area contributed by atoms with E-state index in [-0.39, 0.29) is 0 Å². The summed E-state index contributed by atoms with van der Waals surface area (Å²) in [4.78, 5) is 1.51. The van der Waals surface area contributed by atoms with Crippen molar-refractivity contribution >= 4 is 11.8 Å². The van der Waals surface area contributed by atoms with E-state index in [2.05, 4.69) is 62.1 Å². The van der Waals surface area contributed by atoms with Crippen molar-refractivity contribution < 1.29 is 0 Å². The lowest BCUT2D eigenvalue weighted by molar-refractivity contribution is 0.440. The van der Waals surface area contributed by atoms with Gasteiger partial charge in [-0.1, -0.05) is 39.0 Å². The minimum Gasteiger partial charge on any atom is -0.314 e. The highest BCUT2D eigenvalue weighted by Crippen LogP contribution is 2.39. The molecule has 1 aliphatic heterocycles. The van der Waals surface area contributed by atoms with Crippen LogP contribution in [0, 0.1) is 5.92 Å². The maximum Gasteiger partial charge on any atom is 0.0135 e. The van der Waals surface area contributed by atoms with Crippen LogP contribution in [0.15, 0.2) is 29.2 Å². The second kappa shape index (κ2) is 6.63. The summed E-state index contributed by atoms with van der Waals surface area (Å²) >= 11 is 2.08. The topological polar surface area (TPSA) is 12.0 Å². The summed E-state index contributed by atoms with van der Waals surface area (Å²) < 4.78 is 0. The van der Waals surface area contributed by atoms with Gasteiger partial charge in [-0.05, 0) is 43.4 Å². The quantitative estimate of drug-likeness (QED) is 0.828. The summed E-state index contributed by atoms with van der Waals surface area (Å²) in [6, 6.07) is 9.48. The largest absolute Gasteiger partial charge is 0.314 e. The van der Waals surface area contributed by atoms with Crippen molar-refractivity contribution in [3.8, 4) is 0 Å². The molecule has 0 aliphatic carbocycles. The standard InChI is InChI=1S/C16H25NS/c1-12(2)17-11-13(3)8-9-15-10-14-6-4-5-7-16(14)18-15/h4-7,12-13,15,17H,8-11H2,1-3H3. The van der Waals surface area contributed by atoms with Crippen LogP contribution in [-0.4, -0.2) is 17.8 Å². The second-order valence-electron chi connectivity index (χ2n) is 5.80. The molecule has 2 rings (SSSR count). The van der Waals surface area contributed by atoms with Crippen LogP contribution >= 0.6 is 11.8 Å². The highest BCUT2D eigenvalue weighted by molar-refractivity contribution is 8.00. The molecule has 1 heterocycles. The van der Waals surface area contributed by atoms with Gasteiger partial charge in [0, 0.05) is 16.2 Å². The fourth-order valence-corrected chi connectivity index (χ4v) is 3.76. The molecule has 0 saturated carbocycles. The third kappa shape index (κ3) is 4.03. The number of nitrogens with one attached hydrogen (secondary N) is 1. The van der Waals surface area contributed by atoms with Crippen LogP contribution < -0.4 is 5.32 Å². The lowest BCUT2D eigenvalue weighted by Gasteiger charge is -2.16. The first-order valence-corrected chi connectivity index (χ1v) is 8.01. The molecule has 0 saturated heterocycles. The zero-order valence-corrected chi connectivity index (χ0v) is 12.6. The van der Waals surface area contributed by atoms with E-state index in [4.69, 9.17) is 0 Å². The summed E-state index contributed by atoms with van der Waals surface area (Å²) in [5, 5.41) is 4.34. The van der Waals surface area contributed by atoms with Crippen molar-refractivity contribution in [3.63, 3.8) is 0 Å². The van der Waals surface area contributed by atoms with Gasteiger partial charge in [0.15, 0.2) is 0 Å². The summed E-state index contributed by atoms with van der Waals surface area (Å²) in [5.74, 6) is 0.789. The van der Waals surface area contributed by atoms with Gasteiger partial charge < -0.3 is 5.32 Å². The monoisotopic (exact) mass is 263 g/mol. The number of hydrogen-bond donors (Lipinski definition) is 1. The van der Waals surface area contributed by atoms with Crippen LogP contribution in [0.5, 0.6) is 0 Å². The van der Waals surface area contributed by atoms with Crippen molar-refractivity contribution in [3.05, 3.63) is 29.8 Å². The molecule has 1 N–H and O–H groups in total. The smallest absolute Gasteiger partial charge is 0.0135 e. The third-order valence-corrected chi connectivity index (χ3v) is 4.96. The van der Waals surface area contributed by atoms with Gasteiger partial charge in [0.2, 0.25) is 0 Å². The summed E-state index contributed by atoms with van der Waals surface area (Å²) in [5.41, 5.74) is 1.56. The Hall–Kier alpha value is -0.470. The van der Waals surface area contributed by atoms with Crippen LogP contribution in [0.3, 0.4) is 0 Å². The molecule has 2 heteroatoms. The van der Waals surface area contributed by atoms with E-state index < -0.39 is 0 Å². The number of benzene rings is 1. The SMILES string of the molecule is CC(CCC1Cc2ccccc2S1)CNC(C)C. The van der Waals surface area contributed by atoms with Crippen molar-refractivity contribution in [1.82, 2.24) is 5.32 Å². The second-order valence-corrected chi connectivity index (χ2v) is 7.14. The zero-order valence-electron chi connectivity index (χ0n) is 11.8. The van der Waals surface area contributed by atoms with E-state index in [1.807, 2.05) is 0 Å². The number of hydrogen-bond acceptors (Lipinski definition) is 2. The van der Waals surface area contributed by atoms with E-state index >= 15 is 0 Å². The molecule has 0 bridgehead atoms. The molecule has 0 spiro atoms. The van der Waals surface area contributed by atoms with Gasteiger partial charge in [-0.25, -0.2) is 0 Å². The Morgan fingerprint density at radius 2 is 2.06 bits per heavy atom. The Labute approximate surface area is 116 Å². The summed E-state index contributed by atoms with van der Waals surface area (Å²) in [6.07, 6.45) is 3.96. The molecular weight excluding hydrogens is 238 g/mol. The molecule has 1 nitrogen and oxygen atoms in total. The number of fused-ring (bicyclic) bond motifs is 1. The molecule has 0 fully saturated rings. The van der Waals surface area contributed by atoms with Crippen LogP contribution in [0.2, 0.25) is 0 Å². The van der Waals surface area contributed by atoms with Gasteiger partial charge in [0.25, 0.3) is 0 Å². The molecule has 1 aliphatic rings. The molecule has 2 unspecified atom stereocenters. The molecule has 18 heavy (non-hydrogen) atoms. The van der Waals surface area contributed by atoms with Crippen molar-refractivity contribution in [1.29, 1.82) is 0 Å². The van der Waals surface area contributed by atoms with Crippen LogP contribution in [-0.2, 0) is 6.42 Å². The molecule has 1 aromatic carbocycles. The van der Waals surface area contributed by atoms with Gasteiger partial charge in [-0.3, -0.25) is 0 Å². The summed E-state index contributed by atoms with van der Waals surface area (Å²) in [7, 11) is 0. The fraction of sp³-hybridized carbons (Fsp3) is 0.625. The van der Waals surface area contributed by atoms with E-state index in [0.29, 0.717) is 6.04 Å². The molecular formula is C16H25NS. The fourth-order valence-electron chi connectivity index (χ4n) is 2.42. The minimum absolute atomic E-state index is 0.609. The zero-order chi connectivity index (χ0) is 13.0. The lowest BCUT2D eigenvalue weighted by atomic mass is 10.0. The molecule has 100 valence electrons. The first kappa shape index (κ1) is 14.0. The lowest BCUT2D eigenvalue weighted by Crippen LogP contribution is -2.28. The maximum absolute atomic E-state index is 3.53. The molecule has 0 aromatic heterocycles. The molecule has 2 atom stereocenters. The Kier molecular flexibility index (Phi) is 5.13. The average Bonchev–Trinajstić information content (AvgIpc) is 2.76. The van der Waals surface area contributed by atoms with Gasteiger partial charge in [0.05, 0.1) is 0 Å². The maximum atomic E-state index is 3.53. The van der Waals surface area contributed by atoms with Crippen molar-refractivity contribution in [2.75, 3.05) is 6.54 Å². The number of thioether (sulfide) groups is 1. The van der Waals surface area contributed by atoms with Crippen LogP contribution in [0.25, 0.3) is 0 Å². The first-order chi connectivity index (χ1) is 8.65. The van der Waals surface area contributed by atoms with E-state index in [9.17, 15) is 0 Å². The van der Waals surface area contributed by atoms with Gasteiger partial charge in [-0.15, -0.1) is 11.8 Å². The Morgan fingerprint density at radius 1 is 1.28 bits per heavy atom. The highest BCUT2D eigenvalue weighted by Gasteiger charge is 2.21. The van der Waals surface area contributed by atoms with Gasteiger partial charge in [0.1, 0.15) is 0 Å². The van der Waals surface area contributed by atoms with Crippen molar-refractivity contribution in [2.45, 2.75) is 56.2 Å². The van der Waals surface area contributed by atoms with E-state index in [0.717, 1.165) is 17.7 Å². The van der Waals surface area contributed by atoms with Crippen LogP contribution in [0.1, 0.15) is 39.2 Å². The molecule has 0 amide bonds. The van der Waals surface area contributed by atoms with Gasteiger partial charge in [-0.2, -0.15) is 0 Å².